The van der Waals surface area contributed by atoms with E-state index in [4.69, 9.17) is 4.74 Å². The van der Waals surface area contributed by atoms with E-state index in [9.17, 15) is 0 Å². The molecule has 0 atom stereocenters. The second-order valence-corrected chi connectivity index (χ2v) is 10.6. The summed E-state index contributed by atoms with van der Waals surface area (Å²) in [5.41, 5.74) is 11.8. The Kier molecular flexibility index (Phi) is 5.46. The maximum atomic E-state index is 6.51. The Morgan fingerprint density at radius 3 is 1.85 bits per heavy atom. The topological polar surface area (TPSA) is 15.7 Å². The Morgan fingerprint density at radius 1 is 0.537 bits per heavy atom. The minimum absolute atomic E-state index is 0.0806. The largest absolute Gasteiger partial charge is 0.458 e. The summed E-state index contributed by atoms with van der Waals surface area (Å²) in [6.07, 6.45) is 0. The van der Waals surface area contributed by atoms with Crippen molar-refractivity contribution in [3.8, 4) is 11.5 Å². The molecule has 41 heavy (non-hydrogen) atoms. The molecule has 194 valence electrons. The van der Waals surface area contributed by atoms with Crippen LogP contribution in [0, 0.1) is 6.92 Å². The smallest absolute Gasteiger partial charge is 0.256 e. The van der Waals surface area contributed by atoms with Crippen molar-refractivity contribution in [3.63, 3.8) is 0 Å². The van der Waals surface area contributed by atoms with E-state index < -0.39 is 0 Å². The van der Waals surface area contributed by atoms with Gasteiger partial charge in [-0.15, -0.1) is 0 Å². The van der Waals surface area contributed by atoms with Crippen molar-refractivity contribution in [3.05, 3.63) is 151 Å². The first-order valence-corrected chi connectivity index (χ1v) is 14.1. The highest BCUT2D eigenvalue weighted by molar-refractivity contribution is 6.99. The SMILES string of the molecule is Cc1cc(N(c2ccccc2)c2ccccc2)cc2c1B1c3ccccc3Oc3cccc(c31)N2c1ccccc1. The molecule has 0 aromatic heterocycles. The predicted octanol–water partition coefficient (Wildman–Crippen LogP) is 7.87. The molecule has 2 aliphatic rings. The van der Waals surface area contributed by atoms with Crippen LogP contribution in [0.15, 0.2) is 146 Å². The molecule has 0 saturated carbocycles. The monoisotopic (exact) mass is 526 g/mol. The van der Waals surface area contributed by atoms with Crippen LogP contribution in [0.1, 0.15) is 5.56 Å². The van der Waals surface area contributed by atoms with Gasteiger partial charge in [-0.1, -0.05) is 84.4 Å². The van der Waals surface area contributed by atoms with E-state index in [1.54, 1.807) is 0 Å². The molecule has 0 fully saturated rings. The number of nitrogens with zero attached hydrogens (tertiary/aromatic N) is 2. The molecule has 0 radical (unpaired) electrons. The Balaban J connectivity index is 1.43. The van der Waals surface area contributed by atoms with Crippen LogP contribution in [0.4, 0.5) is 34.1 Å². The lowest BCUT2D eigenvalue weighted by atomic mass is 9.33. The molecular weight excluding hydrogens is 499 g/mol. The number of ether oxygens (including phenoxy) is 1. The minimum Gasteiger partial charge on any atom is -0.458 e. The fourth-order valence-corrected chi connectivity index (χ4v) is 6.53. The summed E-state index contributed by atoms with van der Waals surface area (Å²) in [6, 6.07) is 51.5. The van der Waals surface area contributed by atoms with E-state index in [1.807, 2.05) is 0 Å². The quantitative estimate of drug-likeness (QED) is 0.217. The van der Waals surface area contributed by atoms with Crippen molar-refractivity contribution < 1.29 is 4.74 Å². The van der Waals surface area contributed by atoms with Gasteiger partial charge in [-0.2, -0.15) is 0 Å². The van der Waals surface area contributed by atoms with E-state index in [0.29, 0.717) is 0 Å². The minimum atomic E-state index is 0.0806. The average Bonchev–Trinajstić information content (AvgIpc) is 3.02. The second-order valence-electron chi connectivity index (χ2n) is 10.6. The van der Waals surface area contributed by atoms with Crippen LogP contribution in [0.2, 0.25) is 0 Å². The van der Waals surface area contributed by atoms with Gasteiger partial charge in [-0.05, 0) is 90.0 Å². The number of rotatable bonds is 4. The molecule has 6 aromatic carbocycles. The highest BCUT2D eigenvalue weighted by Gasteiger charge is 2.42. The normalized spacial score (nSPS) is 12.6. The number of fused-ring (bicyclic) bond motifs is 4. The number of benzene rings is 6. The van der Waals surface area contributed by atoms with E-state index in [2.05, 4.69) is 162 Å². The molecule has 0 aliphatic carbocycles. The molecule has 0 bridgehead atoms. The Hall–Kier alpha value is -5.22. The van der Waals surface area contributed by atoms with Gasteiger partial charge in [0.25, 0.3) is 6.71 Å². The molecule has 8 rings (SSSR count). The van der Waals surface area contributed by atoms with Crippen molar-refractivity contribution in [2.24, 2.45) is 0 Å². The maximum Gasteiger partial charge on any atom is 0.256 e. The van der Waals surface area contributed by atoms with Crippen LogP contribution in [0.5, 0.6) is 11.5 Å². The van der Waals surface area contributed by atoms with Crippen molar-refractivity contribution >= 4 is 57.2 Å². The van der Waals surface area contributed by atoms with Gasteiger partial charge in [0.1, 0.15) is 11.5 Å². The second kappa shape index (κ2) is 9.46. The van der Waals surface area contributed by atoms with Crippen molar-refractivity contribution in [2.45, 2.75) is 6.92 Å². The van der Waals surface area contributed by atoms with Crippen LogP contribution in [0.25, 0.3) is 0 Å². The van der Waals surface area contributed by atoms with Gasteiger partial charge in [-0.3, -0.25) is 0 Å². The third kappa shape index (κ3) is 3.75. The summed E-state index contributed by atoms with van der Waals surface area (Å²) in [5.74, 6) is 1.86. The molecule has 3 nitrogen and oxygen atoms in total. The lowest BCUT2D eigenvalue weighted by Crippen LogP contribution is -2.60. The van der Waals surface area contributed by atoms with Crippen LogP contribution >= 0.6 is 0 Å². The molecule has 4 heteroatoms. The van der Waals surface area contributed by atoms with Crippen molar-refractivity contribution in [1.82, 2.24) is 0 Å². The molecule has 2 heterocycles. The summed E-state index contributed by atoms with van der Waals surface area (Å²) in [6.45, 7) is 2.34. The zero-order valence-corrected chi connectivity index (χ0v) is 22.7. The van der Waals surface area contributed by atoms with Gasteiger partial charge in [0, 0.05) is 34.1 Å². The first-order chi connectivity index (χ1) is 20.3. The summed E-state index contributed by atoms with van der Waals surface area (Å²) in [4.78, 5) is 4.76. The molecule has 6 aromatic rings. The Bertz CT molecular complexity index is 1850. The Morgan fingerprint density at radius 2 is 1.15 bits per heavy atom. The number of aryl methyl sites for hydroxylation is 1. The van der Waals surface area contributed by atoms with E-state index in [-0.39, 0.29) is 6.71 Å². The van der Waals surface area contributed by atoms with E-state index >= 15 is 0 Å². The lowest BCUT2D eigenvalue weighted by Gasteiger charge is -2.41. The van der Waals surface area contributed by atoms with Crippen LogP contribution in [-0.4, -0.2) is 6.71 Å². The summed E-state index contributed by atoms with van der Waals surface area (Å²) < 4.78 is 6.51. The average molecular weight is 526 g/mol. The number of anilines is 6. The van der Waals surface area contributed by atoms with Gasteiger partial charge >= 0.3 is 0 Å². The summed E-state index contributed by atoms with van der Waals surface area (Å²) >= 11 is 0. The summed E-state index contributed by atoms with van der Waals surface area (Å²) in [7, 11) is 0. The number of para-hydroxylation sites is 4. The van der Waals surface area contributed by atoms with Gasteiger partial charge in [0.2, 0.25) is 0 Å². The summed E-state index contributed by atoms with van der Waals surface area (Å²) in [5, 5.41) is 0. The molecule has 0 amide bonds. The maximum absolute atomic E-state index is 6.51. The van der Waals surface area contributed by atoms with E-state index in [0.717, 1.165) is 39.9 Å². The van der Waals surface area contributed by atoms with E-state index in [1.165, 1.54) is 27.6 Å². The van der Waals surface area contributed by atoms with Gasteiger partial charge in [-0.25, -0.2) is 0 Å². The molecule has 0 unspecified atom stereocenters. The van der Waals surface area contributed by atoms with Gasteiger partial charge in [0.15, 0.2) is 0 Å². The molecule has 0 saturated heterocycles. The fraction of sp³-hybridized carbons (Fsp3) is 0.0270. The number of hydrogen-bond donors (Lipinski definition) is 0. The highest BCUT2D eigenvalue weighted by Crippen LogP contribution is 2.44. The fourth-order valence-electron chi connectivity index (χ4n) is 6.53. The highest BCUT2D eigenvalue weighted by atomic mass is 16.5. The number of hydrogen-bond acceptors (Lipinski definition) is 3. The Labute approximate surface area is 241 Å². The first kappa shape index (κ1) is 23.7. The van der Waals surface area contributed by atoms with Crippen LogP contribution < -0.4 is 30.9 Å². The lowest BCUT2D eigenvalue weighted by molar-refractivity contribution is 0.487. The molecular formula is C37H27BN2O. The van der Waals surface area contributed by atoms with Crippen LogP contribution in [0.3, 0.4) is 0 Å². The third-order valence-corrected chi connectivity index (χ3v) is 8.20. The predicted molar refractivity (Wildman–Crippen MR) is 172 cm³/mol. The zero-order chi connectivity index (χ0) is 27.3. The molecule has 2 aliphatic heterocycles. The first-order valence-electron chi connectivity index (χ1n) is 14.1. The van der Waals surface area contributed by atoms with Crippen molar-refractivity contribution in [2.75, 3.05) is 9.80 Å². The van der Waals surface area contributed by atoms with Gasteiger partial charge in [0.05, 0.1) is 0 Å². The molecule has 0 N–H and O–H groups in total. The third-order valence-electron chi connectivity index (χ3n) is 8.20. The standard InChI is InChI=1S/C37H27BN2O/c1-26-24-30(39(27-14-5-2-6-15-27)28-16-7-3-8-17-28)25-33-36(26)38-31-20-11-12-22-34(31)41-35-23-13-21-32(37(35)38)40(33)29-18-9-4-10-19-29/h2-25H,1H3. The van der Waals surface area contributed by atoms with Gasteiger partial charge < -0.3 is 14.5 Å². The van der Waals surface area contributed by atoms with Crippen LogP contribution in [-0.2, 0) is 0 Å². The zero-order valence-electron chi connectivity index (χ0n) is 22.7. The van der Waals surface area contributed by atoms with Crippen molar-refractivity contribution in [1.29, 1.82) is 0 Å². The molecule has 0 spiro atoms.